The van der Waals surface area contributed by atoms with Gasteiger partial charge in [-0.3, -0.25) is 0 Å². The van der Waals surface area contributed by atoms with Gasteiger partial charge >= 0.3 is 0 Å². The first-order chi connectivity index (χ1) is 29.7. The van der Waals surface area contributed by atoms with Crippen LogP contribution in [0.3, 0.4) is 0 Å². The lowest BCUT2D eigenvalue weighted by Gasteiger charge is -2.28. The van der Waals surface area contributed by atoms with Gasteiger partial charge in [0.25, 0.3) is 0 Å². The SMILES string of the molecule is Cc1ccccc1N(c1ccc2cc3c(cc2c1)oc1c3cc(C(C)C)c2c3cc4ccc(N(c5ccccc5C)c5ccccc5C)cc4cc3oc12)c1ccccc1C. The molecule has 0 amide bonds. The van der Waals surface area contributed by atoms with Crippen LogP contribution in [-0.4, -0.2) is 0 Å². The summed E-state index contributed by atoms with van der Waals surface area (Å²) in [7, 11) is 0. The van der Waals surface area contributed by atoms with Gasteiger partial charge in [0.15, 0.2) is 11.2 Å². The van der Waals surface area contributed by atoms with Gasteiger partial charge in [0.1, 0.15) is 11.2 Å². The third kappa shape index (κ3) is 5.96. The van der Waals surface area contributed by atoms with Crippen molar-refractivity contribution < 1.29 is 8.83 Å². The van der Waals surface area contributed by atoms with E-state index in [0.29, 0.717) is 0 Å². The zero-order valence-corrected chi connectivity index (χ0v) is 35.4. The van der Waals surface area contributed by atoms with E-state index in [9.17, 15) is 0 Å². The highest BCUT2D eigenvalue weighted by atomic mass is 16.4. The van der Waals surface area contributed by atoms with Crippen LogP contribution in [0.25, 0.3) is 65.4 Å². The van der Waals surface area contributed by atoms with Crippen molar-refractivity contribution in [2.75, 3.05) is 9.80 Å². The molecule has 2 aromatic heterocycles. The van der Waals surface area contributed by atoms with Crippen molar-refractivity contribution in [3.8, 4) is 0 Å². The summed E-state index contributed by atoms with van der Waals surface area (Å²) in [5, 5.41) is 8.98. The van der Waals surface area contributed by atoms with E-state index in [4.69, 9.17) is 8.83 Å². The van der Waals surface area contributed by atoms with Crippen molar-refractivity contribution in [3.63, 3.8) is 0 Å². The zero-order valence-electron chi connectivity index (χ0n) is 35.4. The number of hydrogen-bond acceptors (Lipinski definition) is 4. The van der Waals surface area contributed by atoms with Crippen molar-refractivity contribution in [2.45, 2.75) is 47.5 Å². The van der Waals surface area contributed by atoms with Crippen molar-refractivity contribution in [2.24, 2.45) is 0 Å². The molecule has 0 unspecified atom stereocenters. The van der Waals surface area contributed by atoms with E-state index in [0.717, 1.165) is 94.2 Å². The molecule has 4 nitrogen and oxygen atoms in total. The minimum absolute atomic E-state index is 0.268. The molecule has 11 rings (SSSR count). The fraction of sp³-hybridized carbons (Fsp3) is 0.123. The smallest absolute Gasteiger partial charge is 0.178 e. The van der Waals surface area contributed by atoms with Crippen molar-refractivity contribution >= 4 is 99.5 Å². The number of anilines is 6. The number of rotatable bonds is 7. The third-order valence-corrected chi connectivity index (χ3v) is 12.7. The topological polar surface area (TPSA) is 32.8 Å². The quantitative estimate of drug-likeness (QED) is 0.161. The number of fused-ring (bicyclic) bond motifs is 9. The molecule has 4 heteroatoms. The Hall–Kier alpha value is -7.30. The Kier molecular flexibility index (Phi) is 8.54. The van der Waals surface area contributed by atoms with E-state index in [-0.39, 0.29) is 5.92 Å². The van der Waals surface area contributed by atoms with Crippen LogP contribution in [0, 0.1) is 27.7 Å². The lowest BCUT2D eigenvalue weighted by Crippen LogP contribution is -2.12. The molecule has 0 fully saturated rings. The van der Waals surface area contributed by atoms with Crippen LogP contribution in [-0.2, 0) is 0 Å². The first kappa shape index (κ1) is 36.8. The number of para-hydroxylation sites is 4. The second-order valence-corrected chi connectivity index (χ2v) is 17.0. The number of benzene rings is 9. The maximum atomic E-state index is 6.96. The first-order valence-corrected chi connectivity index (χ1v) is 21.3. The Morgan fingerprint density at radius 3 is 1.23 bits per heavy atom. The first-order valence-electron chi connectivity index (χ1n) is 21.3. The van der Waals surface area contributed by atoms with Crippen molar-refractivity contribution in [3.05, 3.63) is 192 Å². The minimum atomic E-state index is 0.268. The summed E-state index contributed by atoms with van der Waals surface area (Å²) in [4.78, 5) is 4.74. The van der Waals surface area contributed by atoms with Crippen LogP contribution in [0.5, 0.6) is 0 Å². The summed E-state index contributed by atoms with van der Waals surface area (Å²) >= 11 is 0. The second-order valence-electron chi connectivity index (χ2n) is 17.0. The third-order valence-electron chi connectivity index (χ3n) is 12.7. The Morgan fingerprint density at radius 1 is 0.377 bits per heavy atom. The van der Waals surface area contributed by atoms with Gasteiger partial charge in [0, 0.05) is 55.7 Å². The number of hydrogen-bond donors (Lipinski definition) is 0. The van der Waals surface area contributed by atoms with Crippen LogP contribution in [0.15, 0.2) is 173 Å². The van der Waals surface area contributed by atoms with Gasteiger partial charge in [0.05, 0.1) is 0 Å². The molecule has 2 heterocycles. The van der Waals surface area contributed by atoms with Crippen LogP contribution in [0.1, 0.15) is 47.6 Å². The average Bonchev–Trinajstić information content (AvgIpc) is 3.82. The van der Waals surface area contributed by atoms with Crippen molar-refractivity contribution in [1.29, 1.82) is 0 Å². The maximum Gasteiger partial charge on any atom is 0.178 e. The Balaban J connectivity index is 1.08. The summed E-state index contributed by atoms with van der Waals surface area (Å²) in [5.74, 6) is 0.268. The predicted molar refractivity (Wildman–Crippen MR) is 258 cm³/mol. The molecular formula is C57H46N2O2. The maximum absolute atomic E-state index is 6.96. The molecule has 11 aromatic rings. The summed E-state index contributed by atoms with van der Waals surface area (Å²) < 4.78 is 13.9. The fourth-order valence-electron chi connectivity index (χ4n) is 9.47. The molecule has 9 aromatic carbocycles. The van der Waals surface area contributed by atoms with Crippen molar-refractivity contribution in [1.82, 2.24) is 0 Å². The van der Waals surface area contributed by atoms with Crippen LogP contribution in [0.2, 0.25) is 0 Å². The van der Waals surface area contributed by atoms with Crippen LogP contribution < -0.4 is 9.80 Å². The monoisotopic (exact) mass is 790 g/mol. The van der Waals surface area contributed by atoms with E-state index in [2.05, 4.69) is 215 Å². The van der Waals surface area contributed by atoms with E-state index in [1.807, 2.05) is 0 Å². The molecule has 0 aliphatic heterocycles. The Bertz CT molecular complexity index is 3440. The molecule has 0 aliphatic carbocycles. The Labute approximate surface area is 355 Å². The molecular weight excluding hydrogens is 745 g/mol. The molecule has 0 atom stereocenters. The highest BCUT2D eigenvalue weighted by molar-refractivity contribution is 6.23. The normalized spacial score (nSPS) is 11.9. The lowest BCUT2D eigenvalue weighted by molar-refractivity contribution is 0.633. The molecule has 61 heavy (non-hydrogen) atoms. The second kappa shape index (κ2) is 14.2. The standard InChI is InChI=1S/C57H46N2O2/c1-34(2)45-33-47-46-29-39-23-25-43(58(49-19-11-7-15-35(49)3)50-20-12-8-16-36(50)4)27-41(39)31-53(46)60-56(47)57-55(45)48-30-40-24-26-44(28-42(40)32-54(48)61-57)59(51-21-13-9-17-37(51)5)52-22-14-10-18-38(52)6/h7-34H,1-6H3. The highest BCUT2D eigenvalue weighted by Crippen LogP contribution is 2.46. The number of aryl methyl sites for hydroxylation is 4. The molecule has 0 N–H and O–H groups in total. The summed E-state index contributed by atoms with van der Waals surface area (Å²) in [5.41, 5.74) is 16.3. The summed E-state index contributed by atoms with van der Waals surface area (Å²) in [6.07, 6.45) is 0. The molecule has 0 bridgehead atoms. The molecule has 0 saturated heterocycles. The zero-order chi connectivity index (χ0) is 41.5. The fourth-order valence-corrected chi connectivity index (χ4v) is 9.47. The molecule has 296 valence electrons. The highest BCUT2D eigenvalue weighted by Gasteiger charge is 2.24. The van der Waals surface area contributed by atoms with Gasteiger partial charge in [-0.25, -0.2) is 0 Å². The summed E-state index contributed by atoms with van der Waals surface area (Å²) in [6.45, 7) is 13.3. The van der Waals surface area contributed by atoms with E-state index in [1.165, 1.54) is 33.2 Å². The average molecular weight is 791 g/mol. The van der Waals surface area contributed by atoms with E-state index < -0.39 is 0 Å². The molecule has 0 aliphatic rings. The van der Waals surface area contributed by atoms with Gasteiger partial charge < -0.3 is 18.6 Å². The molecule has 0 saturated carbocycles. The molecule has 0 spiro atoms. The van der Waals surface area contributed by atoms with Gasteiger partial charge in [-0.15, -0.1) is 0 Å². The minimum Gasteiger partial charge on any atom is -0.452 e. The lowest BCUT2D eigenvalue weighted by atomic mass is 9.94. The number of furan rings is 2. The van der Waals surface area contributed by atoms with Gasteiger partial charge in [-0.05, 0) is 162 Å². The molecule has 0 radical (unpaired) electrons. The van der Waals surface area contributed by atoms with Gasteiger partial charge in [-0.1, -0.05) is 98.8 Å². The number of nitrogens with zero attached hydrogens (tertiary/aromatic N) is 2. The van der Waals surface area contributed by atoms with Gasteiger partial charge in [-0.2, -0.15) is 0 Å². The van der Waals surface area contributed by atoms with E-state index >= 15 is 0 Å². The predicted octanol–water partition coefficient (Wildman–Crippen LogP) is 17.1. The largest absolute Gasteiger partial charge is 0.452 e. The van der Waals surface area contributed by atoms with Crippen LogP contribution in [0.4, 0.5) is 34.1 Å². The van der Waals surface area contributed by atoms with Crippen LogP contribution >= 0.6 is 0 Å². The van der Waals surface area contributed by atoms with E-state index in [1.54, 1.807) is 0 Å². The Morgan fingerprint density at radius 2 is 0.787 bits per heavy atom. The van der Waals surface area contributed by atoms with Gasteiger partial charge in [0.2, 0.25) is 0 Å². The summed E-state index contributed by atoms with van der Waals surface area (Å²) in [6, 6.07) is 59.3.